The SMILES string of the molecule is C[C@@H](NCC#CCO)c1ccccc1. The van der Waals surface area contributed by atoms with Gasteiger partial charge < -0.3 is 5.11 Å². The molecule has 0 unspecified atom stereocenters. The summed E-state index contributed by atoms with van der Waals surface area (Å²) in [6.07, 6.45) is 0. The van der Waals surface area contributed by atoms with Crippen LogP contribution in [0.2, 0.25) is 0 Å². The molecule has 0 radical (unpaired) electrons. The predicted octanol–water partition coefficient (Wildman–Crippen LogP) is 1.33. The molecule has 74 valence electrons. The molecule has 2 heteroatoms. The van der Waals surface area contributed by atoms with Crippen molar-refractivity contribution >= 4 is 0 Å². The van der Waals surface area contributed by atoms with Crippen LogP contribution in [0.1, 0.15) is 18.5 Å². The molecule has 1 atom stereocenters. The van der Waals surface area contributed by atoms with Crippen LogP contribution >= 0.6 is 0 Å². The van der Waals surface area contributed by atoms with Crippen LogP contribution in [0.5, 0.6) is 0 Å². The van der Waals surface area contributed by atoms with Crippen molar-refractivity contribution in [2.45, 2.75) is 13.0 Å². The standard InChI is InChI=1S/C12H15NO/c1-11(13-9-5-6-10-14)12-7-3-2-4-8-12/h2-4,7-8,11,13-14H,9-10H2,1H3/t11-/m1/s1. The van der Waals surface area contributed by atoms with E-state index in [0.717, 1.165) is 0 Å². The van der Waals surface area contributed by atoms with E-state index in [4.69, 9.17) is 5.11 Å². The van der Waals surface area contributed by atoms with Crippen LogP contribution < -0.4 is 5.32 Å². The molecule has 1 rings (SSSR count). The second-order valence-corrected chi connectivity index (χ2v) is 3.02. The molecule has 2 N–H and O–H groups in total. The van der Waals surface area contributed by atoms with E-state index in [1.807, 2.05) is 18.2 Å². The zero-order valence-electron chi connectivity index (χ0n) is 8.33. The highest BCUT2D eigenvalue weighted by molar-refractivity contribution is 5.18. The average Bonchev–Trinajstić information content (AvgIpc) is 2.25. The Bertz CT molecular complexity index is 310. The maximum Gasteiger partial charge on any atom is 0.104 e. The molecule has 0 aliphatic heterocycles. The van der Waals surface area contributed by atoms with Gasteiger partial charge >= 0.3 is 0 Å². The zero-order chi connectivity index (χ0) is 10.2. The Kier molecular flexibility index (Phi) is 4.77. The maximum absolute atomic E-state index is 8.45. The molecule has 0 spiro atoms. The summed E-state index contributed by atoms with van der Waals surface area (Å²) in [5, 5.41) is 11.7. The summed E-state index contributed by atoms with van der Waals surface area (Å²) in [5.74, 6) is 5.42. The van der Waals surface area contributed by atoms with Gasteiger partial charge in [-0.25, -0.2) is 0 Å². The lowest BCUT2D eigenvalue weighted by atomic mass is 10.1. The highest BCUT2D eigenvalue weighted by Crippen LogP contribution is 2.09. The number of rotatable bonds is 3. The second kappa shape index (κ2) is 6.20. The van der Waals surface area contributed by atoms with Crippen molar-refractivity contribution in [2.24, 2.45) is 0 Å². The molecule has 0 fully saturated rings. The Hall–Kier alpha value is -1.30. The van der Waals surface area contributed by atoms with E-state index < -0.39 is 0 Å². The molecule has 0 amide bonds. The fourth-order valence-corrected chi connectivity index (χ4v) is 1.18. The Morgan fingerprint density at radius 3 is 2.64 bits per heavy atom. The van der Waals surface area contributed by atoms with Crippen LogP contribution in [-0.4, -0.2) is 18.3 Å². The number of nitrogens with one attached hydrogen (secondary N) is 1. The summed E-state index contributed by atoms with van der Waals surface area (Å²) >= 11 is 0. The lowest BCUT2D eigenvalue weighted by Crippen LogP contribution is -2.18. The second-order valence-electron chi connectivity index (χ2n) is 3.02. The molecule has 0 heterocycles. The summed E-state index contributed by atoms with van der Waals surface area (Å²) < 4.78 is 0. The van der Waals surface area contributed by atoms with Crippen molar-refractivity contribution in [1.29, 1.82) is 0 Å². The molecule has 0 aliphatic carbocycles. The van der Waals surface area contributed by atoms with E-state index in [-0.39, 0.29) is 6.61 Å². The van der Waals surface area contributed by atoms with Crippen molar-refractivity contribution < 1.29 is 5.11 Å². The van der Waals surface area contributed by atoms with Crippen molar-refractivity contribution in [3.8, 4) is 11.8 Å². The van der Waals surface area contributed by atoms with Crippen LogP contribution in [0.4, 0.5) is 0 Å². The smallest absolute Gasteiger partial charge is 0.104 e. The minimum atomic E-state index is -0.0681. The van der Waals surface area contributed by atoms with Gasteiger partial charge in [0.05, 0.1) is 6.54 Å². The van der Waals surface area contributed by atoms with E-state index in [0.29, 0.717) is 12.6 Å². The number of hydrogen-bond acceptors (Lipinski definition) is 2. The van der Waals surface area contributed by atoms with Crippen molar-refractivity contribution in [2.75, 3.05) is 13.2 Å². The van der Waals surface area contributed by atoms with Crippen molar-refractivity contribution in [3.63, 3.8) is 0 Å². The third-order valence-electron chi connectivity index (χ3n) is 2.00. The van der Waals surface area contributed by atoms with E-state index in [9.17, 15) is 0 Å². The highest BCUT2D eigenvalue weighted by Gasteiger charge is 2.00. The largest absolute Gasteiger partial charge is 0.384 e. The van der Waals surface area contributed by atoms with Gasteiger partial charge in [-0.15, -0.1) is 0 Å². The summed E-state index contributed by atoms with van der Waals surface area (Å²) in [6.45, 7) is 2.63. The number of benzene rings is 1. The van der Waals surface area contributed by atoms with Crippen molar-refractivity contribution in [3.05, 3.63) is 35.9 Å². The molecule has 14 heavy (non-hydrogen) atoms. The molecule has 1 aromatic carbocycles. The number of aliphatic hydroxyl groups is 1. The molecule has 0 bridgehead atoms. The summed E-state index contributed by atoms with van der Waals surface area (Å²) in [6, 6.07) is 10.5. The van der Waals surface area contributed by atoms with Crippen LogP contribution in [0.3, 0.4) is 0 Å². The molecule has 1 aromatic rings. The number of aliphatic hydroxyl groups excluding tert-OH is 1. The Balaban J connectivity index is 2.39. The number of hydrogen-bond donors (Lipinski definition) is 2. The minimum absolute atomic E-state index is 0.0681. The third-order valence-corrected chi connectivity index (χ3v) is 2.00. The molecular weight excluding hydrogens is 174 g/mol. The first-order valence-corrected chi connectivity index (χ1v) is 4.69. The Morgan fingerprint density at radius 2 is 2.00 bits per heavy atom. The maximum atomic E-state index is 8.45. The molecule has 0 saturated heterocycles. The van der Waals surface area contributed by atoms with E-state index in [1.165, 1.54) is 5.56 Å². The highest BCUT2D eigenvalue weighted by atomic mass is 16.2. The monoisotopic (exact) mass is 189 g/mol. The van der Waals surface area contributed by atoms with Gasteiger partial charge in [0, 0.05) is 6.04 Å². The lowest BCUT2D eigenvalue weighted by molar-refractivity contribution is 0.350. The first-order chi connectivity index (χ1) is 6.84. The normalized spacial score (nSPS) is 11.6. The van der Waals surface area contributed by atoms with Crippen LogP contribution in [0.25, 0.3) is 0 Å². The first kappa shape index (κ1) is 10.8. The van der Waals surface area contributed by atoms with Gasteiger partial charge in [-0.2, -0.15) is 0 Å². The third kappa shape index (κ3) is 3.61. The van der Waals surface area contributed by atoms with Gasteiger partial charge in [-0.1, -0.05) is 42.2 Å². The first-order valence-electron chi connectivity index (χ1n) is 4.69. The fraction of sp³-hybridized carbons (Fsp3) is 0.333. The van der Waals surface area contributed by atoms with Gasteiger partial charge in [0.1, 0.15) is 6.61 Å². The minimum Gasteiger partial charge on any atom is -0.384 e. The summed E-state index contributed by atoms with van der Waals surface area (Å²) in [5.41, 5.74) is 1.25. The molecule has 0 aliphatic rings. The van der Waals surface area contributed by atoms with Crippen molar-refractivity contribution in [1.82, 2.24) is 5.32 Å². The summed E-state index contributed by atoms with van der Waals surface area (Å²) in [4.78, 5) is 0. The Labute approximate surface area is 85.0 Å². The molecule has 0 saturated carbocycles. The van der Waals surface area contributed by atoms with Gasteiger partial charge in [-0.05, 0) is 12.5 Å². The van der Waals surface area contributed by atoms with Crippen LogP contribution in [0, 0.1) is 11.8 Å². The lowest BCUT2D eigenvalue weighted by Gasteiger charge is -2.11. The molecular formula is C12H15NO. The van der Waals surface area contributed by atoms with Crippen LogP contribution in [0.15, 0.2) is 30.3 Å². The van der Waals surface area contributed by atoms with Crippen LogP contribution in [-0.2, 0) is 0 Å². The summed E-state index contributed by atoms with van der Waals surface area (Å²) in [7, 11) is 0. The Morgan fingerprint density at radius 1 is 1.29 bits per heavy atom. The molecule has 2 nitrogen and oxygen atoms in total. The van der Waals surface area contributed by atoms with E-state index in [2.05, 4.69) is 36.2 Å². The van der Waals surface area contributed by atoms with Gasteiger partial charge in [0.25, 0.3) is 0 Å². The topological polar surface area (TPSA) is 32.3 Å². The zero-order valence-corrected chi connectivity index (χ0v) is 8.33. The molecule has 0 aromatic heterocycles. The van der Waals surface area contributed by atoms with Gasteiger partial charge in [0.15, 0.2) is 0 Å². The average molecular weight is 189 g/mol. The predicted molar refractivity (Wildman–Crippen MR) is 57.7 cm³/mol. The quantitative estimate of drug-likeness (QED) is 0.703. The fourth-order valence-electron chi connectivity index (χ4n) is 1.18. The van der Waals surface area contributed by atoms with Gasteiger partial charge in [0.2, 0.25) is 0 Å². The van der Waals surface area contributed by atoms with Gasteiger partial charge in [-0.3, -0.25) is 5.32 Å². The van der Waals surface area contributed by atoms with E-state index in [1.54, 1.807) is 0 Å². The van der Waals surface area contributed by atoms with E-state index >= 15 is 0 Å².